The minimum Gasteiger partial charge on any atom is -0.264 e. The Morgan fingerprint density at radius 2 is 1.67 bits per heavy atom. The van der Waals surface area contributed by atoms with E-state index < -0.39 is 0 Å². The zero-order chi connectivity index (χ0) is 13.3. The third-order valence-electron chi connectivity index (χ3n) is 3.62. The van der Waals surface area contributed by atoms with Crippen LogP contribution in [0.3, 0.4) is 0 Å². The molecule has 1 aromatic carbocycles. The first-order chi connectivity index (χ1) is 8.52. The van der Waals surface area contributed by atoms with Crippen LogP contribution in [0.5, 0.6) is 0 Å². The molecule has 0 unspecified atom stereocenters. The Morgan fingerprint density at radius 3 is 2.22 bits per heavy atom. The van der Waals surface area contributed by atoms with Crippen molar-refractivity contribution in [1.82, 2.24) is 4.98 Å². The predicted octanol–water partition coefficient (Wildman–Crippen LogP) is 0.697. The van der Waals surface area contributed by atoms with E-state index in [2.05, 4.69) is 60.7 Å². The molecule has 0 atom stereocenters. The molecule has 2 aromatic rings. The molecule has 1 aromatic heterocycles. The molecule has 0 saturated heterocycles. The maximum Gasteiger partial charge on any atom is 0.164 e. The summed E-state index contributed by atoms with van der Waals surface area (Å²) in [6.45, 7) is 6.68. The van der Waals surface area contributed by atoms with Gasteiger partial charge in [0, 0.05) is 0 Å². The average Bonchev–Trinajstić information content (AvgIpc) is 2.34. The second kappa shape index (κ2) is 5.01. The van der Waals surface area contributed by atoms with Crippen molar-refractivity contribution >= 4 is 26.7 Å². The van der Waals surface area contributed by atoms with Crippen molar-refractivity contribution in [1.29, 1.82) is 0 Å². The van der Waals surface area contributed by atoms with E-state index in [4.69, 9.17) is 4.98 Å². The van der Waals surface area contributed by atoms with Crippen molar-refractivity contribution < 1.29 is 0 Å². The zero-order valence-corrected chi connectivity index (χ0v) is 11.9. The minimum absolute atomic E-state index is 0.529. The van der Waals surface area contributed by atoms with Crippen LogP contribution < -0.4 is 11.1 Å². The van der Waals surface area contributed by atoms with Crippen LogP contribution in [0.2, 0.25) is 0 Å². The smallest absolute Gasteiger partial charge is 0.164 e. The van der Waals surface area contributed by atoms with Gasteiger partial charge in [0.2, 0.25) is 0 Å². The van der Waals surface area contributed by atoms with Crippen molar-refractivity contribution in [3.63, 3.8) is 0 Å². The summed E-state index contributed by atoms with van der Waals surface area (Å²) in [7, 11) is 4.30. The fourth-order valence-electron chi connectivity index (χ4n) is 2.69. The van der Waals surface area contributed by atoms with Gasteiger partial charge in [0.1, 0.15) is 7.85 Å². The van der Waals surface area contributed by atoms with Gasteiger partial charge >= 0.3 is 0 Å². The maximum absolute atomic E-state index is 4.82. The highest BCUT2D eigenvalue weighted by atomic mass is 14.7. The van der Waals surface area contributed by atoms with Crippen LogP contribution in [0.15, 0.2) is 30.3 Å². The van der Waals surface area contributed by atoms with Crippen molar-refractivity contribution in [2.45, 2.75) is 26.7 Å². The highest BCUT2D eigenvalue weighted by molar-refractivity contribution is 6.39. The van der Waals surface area contributed by atoms with E-state index in [1.807, 2.05) is 6.07 Å². The number of hydrogen-bond donors (Lipinski definition) is 0. The number of pyridine rings is 1. The molecule has 0 spiro atoms. The predicted molar refractivity (Wildman–Crippen MR) is 84.9 cm³/mol. The second-order valence-electron chi connectivity index (χ2n) is 5.23. The fourth-order valence-corrected chi connectivity index (χ4v) is 2.69. The number of benzene rings is 1. The van der Waals surface area contributed by atoms with Crippen LogP contribution in [-0.4, -0.2) is 20.7 Å². The van der Waals surface area contributed by atoms with Crippen LogP contribution in [-0.2, 0) is 0 Å². The minimum atomic E-state index is 0.529. The molecule has 0 N–H and O–H groups in total. The Kier molecular flexibility index (Phi) is 3.60. The molecule has 0 fully saturated rings. The molecule has 1 nitrogen and oxygen atoms in total. The number of nitrogens with zero attached hydrogens (tertiary/aromatic N) is 1. The summed E-state index contributed by atoms with van der Waals surface area (Å²) in [6, 6.07) is 10.4. The zero-order valence-electron chi connectivity index (χ0n) is 11.9. The molecule has 0 amide bonds. The average molecular weight is 235 g/mol. The van der Waals surface area contributed by atoms with Gasteiger partial charge in [-0.3, -0.25) is 4.98 Å². The standard InChI is InChI=1S/C15H19B2N/c1-9(2)12-10(3)13(16)14(18-15(12)17)11-7-5-4-6-8-11/h4-9H,16-17H2,1-3H3. The third kappa shape index (κ3) is 2.22. The number of aromatic nitrogens is 1. The lowest BCUT2D eigenvalue weighted by atomic mass is 9.78. The lowest BCUT2D eigenvalue weighted by Gasteiger charge is -2.19. The normalized spacial score (nSPS) is 10.9. The largest absolute Gasteiger partial charge is 0.264 e. The SMILES string of the molecule is Bc1nc(-c2ccccc2)c(B)c(C)c1C(C)C. The van der Waals surface area contributed by atoms with Crippen molar-refractivity contribution in [2.75, 3.05) is 0 Å². The van der Waals surface area contributed by atoms with Gasteiger partial charge in [-0.05, 0) is 29.6 Å². The lowest BCUT2D eigenvalue weighted by molar-refractivity contribution is 0.860. The second-order valence-corrected chi connectivity index (χ2v) is 5.23. The van der Waals surface area contributed by atoms with Gasteiger partial charge < -0.3 is 0 Å². The summed E-state index contributed by atoms with van der Waals surface area (Å²) in [4.78, 5) is 4.82. The molecule has 0 radical (unpaired) electrons. The summed E-state index contributed by atoms with van der Waals surface area (Å²) in [5.41, 5.74) is 7.57. The van der Waals surface area contributed by atoms with E-state index >= 15 is 0 Å². The summed E-state index contributed by atoms with van der Waals surface area (Å²) in [5.74, 6) is 0.529. The highest BCUT2D eigenvalue weighted by Crippen LogP contribution is 2.19. The first-order valence-electron chi connectivity index (χ1n) is 6.55. The van der Waals surface area contributed by atoms with Gasteiger partial charge in [-0.15, -0.1) is 0 Å². The van der Waals surface area contributed by atoms with Crippen LogP contribution in [0.1, 0.15) is 30.9 Å². The monoisotopic (exact) mass is 235 g/mol. The quantitative estimate of drug-likeness (QED) is 0.698. The van der Waals surface area contributed by atoms with Crippen molar-refractivity contribution in [3.05, 3.63) is 41.5 Å². The fraction of sp³-hybridized carbons (Fsp3) is 0.267. The van der Waals surface area contributed by atoms with E-state index in [1.165, 1.54) is 22.2 Å². The Labute approximate surface area is 111 Å². The molecule has 3 heteroatoms. The molecule has 18 heavy (non-hydrogen) atoms. The molecule has 0 saturated carbocycles. The van der Waals surface area contributed by atoms with Gasteiger partial charge in [-0.25, -0.2) is 0 Å². The van der Waals surface area contributed by atoms with Gasteiger partial charge in [0.25, 0.3) is 0 Å². The van der Waals surface area contributed by atoms with Crippen molar-refractivity contribution in [3.8, 4) is 11.3 Å². The molecular weight excluding hydrogens is 216 g/mol. The maximum atomic E-state index is 4.82. The Hall–Kier alpha value is -1.50. The van der Waals surface area contributed by atoms with Crippen molar-refractivity contribution in [2.24, 2.45) is 0 Å². The summed E-state index contributed by atoms with van der Waals surface area (Å²) in [6.07, 6.45) is 0. The van der Waals surface area contributed by atoms with Crippen LogP contribution in [0.4, 0.5) is 0 Å². The van der Waals surface area contributed by atoms with Gasteiger partial charge in [-0.1, -0.05) is 55.2 Å². The first kappa shape index (κ1) is 12.9. The lowest BCUT2D eigenvalue weighted by Crippen LogP contribution is -2.27. The van der Waals surface area contributed by atoms with Crippen LogP contribution >= 0.6 is 0 Å². The Balaban J connectivity index is 2.66. The molecule has 0 aliphatic heterocycles. The first-order valence-corrected chi connectivity index (χ1v) is 6.55. The highest BCUT2D eigenvalue weighted by Gasteiger charge is 2.14. The molecule has 90 valence electrons. The Bertz CT molecular complexity index is 562. The molecule has 2 rings (SSSR count). The molecule has 1 heterocycles. The van der Waals surface area contributed by atoms with E-state index in [0.717, 1.165) is 11.3 Å². The van der Waals surface area contributed by atoms with Gasteiger partial charge in [0.15, 0.2) is 7.85 Å². The third-order valence-corrected chi connectivity index (χ3v) is 3.62. The molecular formula is C15H19B2N. The number of hydrogen-bond acceptors (Lipinski definition) is 1. The van der Waals surface area contributed by atoms with Crippen LogP contribution in [0, 0.1) is 6.92 Å². The summed E-state index contributed by atoms with van der Waals surface area (Å²) >= 11 is 0. The van der Waals surface area contributed by atoms with E-state index in [-0.39, 0.29) is 0 Å². The van der Waals surface area contributed by atoms with E-state index in [0.29, 0.717) is 5.92 Å². The number of rotatable bonds is 2. The molecule has 0 bridgehead atoms. The van der Waals surface area contributed by atoms with Crippen LogP contribution in [0.25, 0.3) is 11.3 Å². The Morgan fingerprint density at radius 1 is 1.06 bits per heavy atom. The molecule has 0 aliphatic rings. The molecule has 0 aliphatic carbocycles. The van der Waals surface area contributed by atoms with Gasteiger partial charge in [0.05, 0.1) is 5.69 Å². The van der Waals surface area contributed by atoms with E-state index in [9.17, 15) is 0 Å². The summed E-state index contributed by atoms with van der Waals surface area (Å²) < 4.78 is 0. The van der Waals surface area contributed by atoms with Gasteiger partial charge in [-0.2, -0.15) is 0 Å². The van der Waals surface area contributed by atoms with E-state index in [1.54, 1.807) is 0 Å². The topological polar surface area (TPSA) is 12.9 Å². The summed E-state index contributed by atoms with van der Waals surface area (Å²) in [5, 5.41) is 0.